The van der Waals surface area contributed by atoms with E-state index in [1.807, 2.05) is 0 Å². The maximum Gasteiger partial charge on any atom is 0.237 e. The maximum atomic E-state index is 12.8. The molecule has 0 radical (unpaired) electrons. The molecule has 23 heavy (non-hydrogen) atoms. The van der Waals surface area contributed by atoms with E-state index in [9.17, 15) is 14.0 Å². The molecule has 0 saturated heterocycles. The van der Waals surface area contributed by atoms with Crippen LogP contribution < -0.4 is 11.1 Å². The highest BCUT2D eigenvalue weighted by molar-refractivity contribution is 8.04. The van der Waals surface area contributed by atoms with Crippen molar-refractivity contribution in [2.45, 2.75) is 20.9 Å². The molecule has 1 aromatic heterocycles. The van der Waals surface area contributed by atoms with Gasteiger partial charge in [0.05, 0.1) is 11.0 Å². The van der Waals surface area contributed by atoms with Gasteiger partial charge in [0.25, 0.3) is 0 Å². The summed E-state index contributed by atoms with van der Waals surface area (Å²) >= 11 is 3.76. The van der Waals surface area contributed by atoms with E-state index in [0.29, 0.717) is 14.4 Å². The fraction of sp³-hybridized carbons (Fsp3) is 0.231. The summed E-state index contributed by atoms with van der Waals surface area (Å²) in [5, 5.41) is 10.2. The van der Waals surface area contributed by atoms with Crippen LogP contribution >= 0.6 is 34.9 Å². The van der Waals surface area contributed by atoms with Gasteiger partial charge in [-0.15, -0.1) is 10.2 Å². The second-order valence-electron chi connectivity index (χ2n) is 4.35. The van der Waals surface area contributed by atoms with Gasteiger partial charge in [0.1, 0.15) is 5.82 Å². The summed E-state index contributed by atoms with van der Waals surface area (Å²) in [6.45, 7) is 1.74. The highest BCUT2D eigenvalue weighted by Gasteiger charge is 2.17. The van der Waals surface area contributed by atoms with E-state index in [4.69, 9.17) is 5.73 Å². The molecule has 0 spiro atoms. The number of anilines is 1. The van der Waals surface area contributed by atoms with Crippen LogP contribution in [-0.4, -0.2) is 33.0 Å². The number of nitrogens with one attached hydrogen (secondary N) is 1. The zero-order valence-electron chi connectivity index (χ0n) is 12.0. The third-order valence-electron chi connectivity index (χ3n) is 2.48. The Bertz CT molecular complexity index is 693. The number of hydrogen-bond acceptors (Lipinski definition) is 7. The largest absolute Gasteiger partial charge is 0.369 e. The third kappa shape index (κ3) is 5.81. The first-order valence-corrected chi connectivity index (χ1v) is 9.10. The average molecular weight is 372 g/mol. The molecule has 1 aromatic carbocycles. The van der Waals surface area contributed by atoms with E-state index in [1.165, 1.54) is 59.1 Å². The lowest BCUT2D eigenvalue weighted by atomic mass is 10.3. The molecule has 3 N–H and O–H groups in total. The lowest BCUT2D eigenvalue weighted by Gasteiger charge is -2.10. The summed E-state index contributed by atoms with van der Waals surface area (Å²) in [6.07, 6.45) is 0. The molecule has 2 rings (SSSR count). The number of aromatic nitrogens is 2. The molecule has 6 nitrogen and oxygen atoms in total. The summed E-state index contributed by atoms with van der Waals surface area (Å²) in [7, 11) is 0. The number of nitrogens with zero attached hydrogens (tertiary/aromatic N) is 2. The normalized spacial score (nSPS) is 11.9. The second kappa shape index (κ2) is 8.27. The van der Waals surface area contributed by atoms with Crippen molar-refractivity contribution in [3.05, 3.63) is 30.1 Å². The number of nitrogens with two attached hydrogens (primary N) is 1. The minimum Gasteiger partial charge on any atom is -0.369 e. The first kappa shape index (κ1) is 17.7. The van der Waals surface area contributed by atoms with E-state index in [-0.39, 0.29) is 17.5 Å². The fourth-order valence-electron chi connectivity index (χ4n) is 1.42. The van der Waals surface area contributed by atoms with Crippen LogP contribution in [0.25, 0.3) is 0 Å². The predicted octanol–water partition coefficient (Wildman–Crippen LogP) is 2.37. The van der Waals surface area contributed by atoms with Crippen LogP contribution in [0.4, 0.5) is 10.1 Å². The van der Waals surface area contributed by atoms with Gasteiger partial charge in [-0.2, -0.15) is 0 Å². The van der Waals surface area contributed by atoms with Crippen LogP contribution in [0, 0.1) is 5.82 Å². The molecule has 0 aliphatic heterocycles. The third-order valence-corrected chi connectivity index (χ3v) is 5.75. The quantitative estimate of drug-likeness (QED) is 0.724. The Morgan fingerprint density at radius 3 is 2.61 bits per heavy atom. The molecule has 0 saturated carbocycles. The van der Waals surface area contributed by atoms with Gasteiger partial charge in [0.2, 0.25) is 11.8 Å². The summed E-state index contributed by atoms with van der Waals surface area (Å²) in [5.41, 5.74) is 5.59. The molecular formula is C13H13FN4O2S3. The second-order valence-corrected chi connectivity index (χ2v) is 8.13. The van der Waals surface area contributed by atoms with Gasteiger partial charge in [0.15, 0.2) is 8.68 Å². The van der Waals surface area contributed by atoms with Gasteiger partial charge < -0.3 is 11.1 Å². The number of thioether (sulfide) groups is 2. The Kier molecular flexibility index (Phi) is 6.37. The van der Waals surface area contributed by atoms with Gasteiger partial charge in [-0.05, 0) is 31.2 Å². The van der Waals surface area contributed by atoms with E-state index in [2.05, 4.69) is 15.5 Å². The minimum atomic E-state index is -0.425. The van der Waals surface area contributed by atoms with Crippen LogP contribution in [-0.2, 0) is 9.59 Å². The van der Waals surface area contributed by atoms with Crippen molar-refractivity contribution in [2.24, 2.45) is 5.73 Å². The molecule has 2 aromatic rings. The summed E-state index contributed by atoms with van der Waals surface area (Å²) in [5.74, 6) is -0.866. The molecule has 122 valence electrons. The maximum absolute atomic E-state index is 12.8. The topological polar surface area (TPSA) is 98.0 Å². The summed E-state index contributed by atoms with van der Waals surface area (Å²) < 4.78 is 14.1. The molecule has 0 fully saturated rings. The molecule has 0 bridgehead atoms. The van der Waals surface area contributed by atoms with Crippen LogP contribution in [0.3, 0.4) is 0 Å². The monoisotopic (exact) mass is 372 g/mol. The SMILES string of the molecule is CC(Sc1nnc(SCC(N)=O)s1)C(=O)Nc1ccc(F)cc1. The van der Waals surface area contributed by atoms with Gasteiger partial charge in [0, 0.05) is 5.69 Å². The number of hydrogen-bond donors (Lipinski definition) is 2. The minimum absolute atomic E-state index is 0.139. The van der Waals surface area contributed by atoms with Gasteiger partial charge in [-0.3, -0.25) is 9.59 Å². The molecule has 0 aliphatic rings. The lowest BCUT2D eigenvalue weighted by Crippen LogP contribution is -2.22. The zero-order chi connectivity index (χ0) is 16.8. The van der Waals surface area contributed by atoms with Crippen LogP contribution in [0.5, 0.6) is 0 Å². The highest BCUT2D eigenvalue weighted by atomic mass is 32.2. The van der Waals surface area contributed by atoms with Crippen LogP contribution in [0.15, 0.2) is 32.9 Å². The van der Waals surface area contributed by atoms with Crippen molar-refractivity contribution in [1.29, 1.82) is 0 Å². The fourth-order valence-corrected chi connectivity index (χ4v) is 4.32. The number of amides is 2. The van der Waals surface area contributed by atoms with Crippen molar-refractivity contribution >= 4 is 52.4 Å². The molecule has 10 heteroatoms. The smallest absolute Gasteiger partial charge is 0.237 e. The van der Waals surface area contributed by atoms with Crippen molar-refractivity contribution < 1.29 is 14.0 Å². The van der Waals surface area contributed by atoms with Crippen molar-refractivity contribution in [1.82, 2.24) is 10.2 Å². The summed E-state index contributed by atoms with van der Waals surface area (Å²) in [4.78, 5) is 22.8. The number of benzene rings is 1. The predicted molar refractivity (Wildman–Crippen MR) is 90.2 cm³/mol. The Labute approximate surface area is 144 Å². The molecule has 0 aliphatic carbocycles. The summed E-state index contributed by atoms with van der Waals surface area (Å²) in [6, 6.07) is 5.54. The first-order valence-electron chi connectivity index (χ1n) is 6.41. The van der Waals surface area contributed by atoms with E-state index >= 15 is 0 Å². The number of rotatable bonds is 7. The number of halogens is 1. The molecule has 1 atom stereocenters. The Morgan fingerprint density at radius 2 is 1.96 bits per heavy atom. The lowest BCUT2D eigenvalue weighted by molar-refractivity contribution is -0.116. The average Bonchev–Trinajstić information content (AvgIpc) is 2.95. The van der Waals surface area contributed by atoms with E-state index < -0.39 is 11.2 Å². The first-order chi connectivity index (χ1) is 10.9. The van der Waals surface area contributed by atoms with Crippen molar-refractivity contribution in [2.75, 3.05) is 11.1 Å². The standard InChI is InChI=1S/C13H13FN4O2S3/c1-7(11(20)16-9-4-2-8(14)3-5-9)22-13-18-17-12(23-13)21-6-10(15)19/h2-5,7H,6H2,1H3,(H2,15,19)(H,16,20). The highest BCUT2D eigenvalue weighted by Crippen LogP contribution is 2.31. The molecule has 1 heterocycles. The Hall–Kier alpha value is -1.65. The molecular weight excluding hydrogens is 359 g/mol. The van der Waals surface area contributed by atoms with Gasteiger partial charge in [-0.25, -0.2) is 4.39 Å². The molecule has 1 unspecified atom stereocenters. The zero-order valence-corrected chi connectivity index (χ0v) is 14.4. The van der Waals surface area contributed by atoms with Crippen LogP contribution in [0.2, 0.25) is 0 Å². The van der Waals surface area contributed by atoms with E-state index in [0.717, 1.165) is 0 Å². The Balaban J connectivity index is 1.88. The number of carbonyl (C=O) groups excluding carboxylic acids is 2. The molecule has 2 amide bonds. The van der Waals surface area contributed by atoms with Gasteiger partial charge in [-0.1, -0.05) is 34.9 Å². The number of carbonyl (C=O) groups is 2. The van der Waals surface area contributed by atoms with Gasteiger partial charge >= 0.3 is 0 Å². The van der Waals surface area contributed by atoms with Crippen molar-refractivity contribution in [3.8, 4) is 0 Å². The van der Waals surface area contributed by atoms with E-state index in [1.54, 1.807) is 6.92 Å². The van der Waals surface area contributed by atoms with Crippen LogP contribution in [0.1, 0.15) is 6.92 Å². The van der Waals surface area contributed by atoms with Crippen molar-refractivity contribution in [3.63, 3.8) is 0 Å². The number of primary amides is 1. The Morgan fingerprint density at radius 1 is 1.30 bits per heavy atom.